The zero-order valence-electron chi connectivity index (χ0n) is 14.8. The van der Waals surface area contributed by atoms with E-state index in [1.807, 2.05) is 58.0 Å². The van der Waals surface area contributed by atoms with Gasteiger partial charge in [-0.05, 0) is 38.8 Å². The van der Waals surface area contributed by atoms with Gasteiger partial charge in [0.05, 0.1) is 5.25 Å². The second kappa shape index (κ2) is 7.23. The number of nitrogens with zero attached hydrogens (tertiary/aromatic N) is 4. The van der Waals surface area contributed by atoms with Crippen molar-refractivity contribution in [3.05, 3.63) is 52.8 Å². The summed E-state index contributed by atoms with van der Waals surface area (Å²) in [6.07, 6.45) is 0. The van der Waals surface area contributed by atoms with E-state index in [-0.39, 0.29) is 11.2 Å². The lowest BCUT2D eigenvalue weighted by Gasteiger charge is -2.10. The number of benzene rings is 1. The van der Waals surface area contributed by atoms with E-state index < -0.39 is 0 Å². The van der Waals surface area contributed by atoms with Gasteiger partial charge in [-0.1, -0.05) is 42.1 Å². The maximum Gasteiger partial charge on any atom is 0.253 e. The first-order chi connectivity index (χ1) is 12.0. The van der Waals surface area contributed by atoms with Crippen LogP contribution in [0.1, 0.15) is 29.4 Å². The van der Waals surface area contributed by atoms with Gasteiger partial charge < -0.3 is 5.32 Å². The minimum atomic E-state index is -0.288. The molecular formula is C18H21N5OS. The van der Waals surface area contributed by atoms with Crippen molar-refractivity contribution in [1.29, 1.82) is 0 Å². The molecule has 0 aliphatic carbocycles. The number of aromatic nitrogens is 4. The fraction of sp³-hybridized carbons (Fsp3) is 0.333. The average molecular weight is 355 g/mol. The highest BCUT2D eigenvalue weighted by molar-refractivity contribution is 8.00. The molecule has 2 aromatic heterocycles. The number of thioether (sulfide) groups is 1. The zero-order chi connectivity index (χ0) is 18.0. The molecule has 0 saturated heterocycles. The van der Waals surface area contributed by atoms with E-state index in [9.17, 15) is 4.79 Å². The number of carbonyl (C=O) groups excluding carboxylic acids is 1. The van der Waals surface area contributed by atoms with Crippen molar-refractivity contribution < 1.29 is 4.79 Å². The summed E-state index contributed by atoms with van der Waals surface area (Å²) in [5, 5.41) is 7.70. The van der Waals surface area contributed by atoms with Crippen LogP contribution >= 0.6 is 11.8 Å². The monoisotopic (exact) mass is 355 g/mol. The number of fused-ring (bicyclic) bond motifs is 1. The Kier molecular flexibility index (Phi) is 5.03. The molecule has 0 fully saturated rings. The van der Waals surface area contributed by atoms with Crippen LogP contribution in [0, 0.1) is 20.8 Å². The molecule has 0 bridgehead atoms. The number of aryl methyl sites for hydroxylation is 2. The Morgan fingerprint density at radius 3 is 2.64 bits per heavy atom. The summed E-state index contributed by atoms with van der Waals surface area (Å²) < 4.78 is 1.74. The van der Waals surface area contributed by atoms with E-state index in [0.717, 1.165) is 22.5 Å². The molecule has 3 aromatic rings. The van der Waals surface area contributed by atoms with Crippen LogP contribution in [-0.2, 0) is 11.3 Å². The summed E-state index contributed by atoms with van der Waals surface area (Å²) in [6, 6.07) is 9.85. The topological polar surface area (TPSA) is 72.2 Å². The Hall–Kier alpha value is -2.41. The van der Waals surface area contributed by atoms with Gasteiger partial charge in [0.2, 0.25) is 11.1 Å². The van der Waals surface area contributed by atoms with Crippen molar-refractivity contribution in [3.8, 4) is 0 Å². The molecule has 1 aromatic carbocycles. The van der Waals surface area contributed by atoms with Gasteiger partial charge in [-0.2, -0.15) is 4.98 Å². The summed E-state index contributed by atoms with van der Waals surface area (Å²) in [4.78, 5) is 21.2. The predicted octanol–water partition coefficient (Wildman–Crippen LogP) is 2.85. The Labute approximate surface area is 151 Å². The maximum atomic E-state index is 12.3. The van der Waals surface area contributed by atoms with E-state index in [0.29, 0.717) is 17.5 Å². The molecule has 0 aliphatic heterocycles. The quantitative estimate of drug-likeness (QED) is 0.713. The third-order valence-electron chi connectivity index (χ3n) is 4.20. The third-order valence-corrected chi connectivity index (χ3v) is 5.15. The molecule has 2 heterocycles. The van der Waals surface area contributed by atoms with E-state index >= 15 is 0 Å². The summed E-state index contributed by atoms with van der Waals surface area (Å²) in [5.41, 5.74) is 4.14. The highest BCUT2D eigenvalue weighted by Gasteiger charge is 2.18. The van der Waals surface area contributed by atoms with Crippen LogP contribution in [0.25, 0.3) is 5.78 Å². The lowest BCUT2D eigenvalue weighted by molar-refractivity contribution is -0.120. The minimum absolute atomic E-state index is 0.0373. The lowest BCUT2D eigenvalue weighted by Crippen LogP contribution is -2.30. The van der Waals surface area contributed by atoms with Gasteiger partial charge in [0.25, 0.3) is 5.78 Å². The van der Waals surface area contributed by atoms with Gasteiger partial charge >= 0.3 is 0 Å². The zero-order valence-corrected chi connectivity index (χ0v) is 15.6. The van der Waals surface area contributed by atoms with Gasteiger partial charge in [0.1, 0.15) is 0 Å². The van der Waals surface area contributed by atoms with Crippen molar-refractivity contribution in [1.82, 2.24) is 24.9 Å². The molecule has 1 amide bonds. The van der Waals surface area contributed by atoms with Crippen LogP contribution in [0.2, 0.25) is 0 Å². The number of hydrogen-bond acceptors (Lipinski definition) is 5. The Bertz CT molecular complexity index is 907. The third kappa shape index (κ3) is 3.82. The largest absolute Gasteiger partial charge is 0.351 e. The standard InChI is InChI=1S/C18H21N5OS/c1-11-12(2)20-17-21-18(22-23(17)13(11)3)25-14(4)16(24)19-10-15-8-6-5-7-9-15/h5-9,14H,10H2,1-4H3,(H,19,24)/t14-/m0/s1. The first-order valence-corrected chi connectivity index (χ1v) is 9.02. The molecule has 1 N–H and O–H groups in total. The smallest absolute Gasteiger partial charge is 0.253 e. The van der Waals surface area contributed by atoms with E-state index in [1.54, 1.807) is 4.52 Å². The van der Waals surface area contributed by atoms with Gasteiger partial charge in [-0.15, -0.1) is 5.10 Å². The molecule has 6 nitrogen and oxygen atoms in total. The highest BCUT2D eigenvalue weighted by atomic mass is 32.2. The highest BCUT2D eigenvalue weighted by Crippen LogP contribution is 2.21. The molecule has 25 heavy (non-hydrogen) atoms. The SMILES string of the molecule is Cc1nc2nc(S[C@@H](C)C(=O)NCc3ccccc3)nn2c(C)c1C. The van der Waals surface area contributed by atoms with Crippen molar-refractivity contribution in [2.75, 3.05) is 0 Å². The average Bonchev–Trinajstić information content (AvgIpc) is 3.01. The second-order valence-corrected chi connectivity index (χ2v) is 7.29. The molecule has 0 spiro atoms. The fourth-order valence-corrected chi connectivity index (χ4v) is 3.20. The van der Waals surface area contributed by atoms with Crippen LogP contribution in [0.3, 0.4) is 0 Å². The minimum Gasteiger partial charge on any atom is -0.351 e. The fourth-order valence-electron chi connectivity index (χ4n) is 2.43. The number of rotatable bonds is 5. The molecule has 0 aliphatic rings. The molecule has 0 saturated carbocycles. The molecular weight excluding hydrogens is 334 g/mol. The summed E-state index contributed by atoms with van der Waals surface area (Å²) in [6.45, 7) is 8.35. The number of amides is 1. The van der Waals surface area contributed by atoms with Crippen molar-refractivity contribution in [2.45, 2.75) is 44.6 Å². The summed E-state index contributed by atoms with van der Waals surface area (Å²) >= 11 is 1.34. The Morgan fingerprint density at radius 2 is 1.92 bits per heavy atom. The normalized spacial score (nSPS) is 12.3. The van der Waals surface area contributed by atoms with Gasteiger partial charge in [-0.3, -0.25) is 4.79 Å². The second-order valence-electron chi connectivity index (χ2n) is 5.98. The van der Waals surface area contributed by atoms with Crippen LogP contribution in [-0.4, -0.2) is 30.7 Å². The van der Waals surface area contributed by atoms with Crippen molar-refractivity contribution >= 4 is 23.4 Å². The molecule has 3 rings (SSSR count). The number of carbonyl (C=O) groups is 1. The number of hydrogen-bond donors (Lipinski definition) is 1. The van der Waals surface area contributed by atoms with Gasteiger partial charge in [-0.25, -0.2) is 9.50 Å². The van der Waals surface area contributed by atoms with E-state index in [4.69, 9.17) is 0 Å². The van der Waals surface area contributed by atoms with Crippen LogP contribution in [0.5, 0.6) is 0 Å². The molecule has 0 unspecified atom stereocenters. The predicted molar refractivity (Wildman–Crippen MR) is 98.6 cm³/mol. The van der Waals surface area contributed by atoms with E-state index in [2.05, 4.69) is 20.4 Å². The summed E-state index contributed by atoms with van der Waals surface area (Å²) in [5.74, 6) is 0.532. The van der Waals surface area contributed by atoms with Crippen LogP contribution in [0.15, 0.2) is 35.5 Å². The Morgan fingerprint density at radius 1 is 1.20 bits per heavy atom. The van der Waals surface area contributed by atoms with Gasteiger partial charge in [0, 0.05) is 17.9 Å². The maximum absolute atomic E-state index is 12.3. The van der Waals surface area contributed by atoms with Gasteiger partial charge in [0.15, 0.2) is 0 Å². The van der Waals surface area contributed by atoms with Crippen LogP contribution in [0.4, 0.5) is 0 Å². The molecule has 7 heteroatoms. The first-order valence-electron chi connectivity index (χ1n) is 8.14. The number of nitrogens with one attached hydrogen (secondary N) is 1. The summed E-state index contributed by atoms with van der Waals surface area (Å²) in [7, 11) is 0. The first kappa shape index (κ1) is 17.4. The molecule has 130 valence electrons. The molecule has 0 radical (unpaired) electrons. The molecule has 1 atom stereocenters. The van der Waals surface area contributed by atoms with E-state index in [1.165, 1.54) is 11.8 Å². The van der Waals surface area contributed by atoms with Crippen LogP contribution < -0.4 is 5.32 Å². The van der Waals surface area contributed by atoms with Crippen molar-refractivity contribution in [2.24, 2.45) is 0 Å². The lowest BCUT2D eigenvalue weighted by atomic mass is 10.2. The Balaban J connectivity index is 1.68. The van der Waals surface area contributed by atoms with Crippen molar-refractivity contribution in [3.63, 3.8) is 0 Å².